The predicted octanol–water partition coefficient (Wildman–Crippen LogP) is 2.11. The number of ether oxygens (including phenoxy) is 1. The van der Waals surface area contributed by atoms with E-state index in [0.717, 1.165) is 4.90 Å². The van der Waals surface area contributed by atoms with Crippen molar-refractivity contribution in [2.45, 2.75) is 39.3 Å². The minimum Gasteiger partial charge on any atom is -0.454 e. The second-order valence-electron chi connectivity index (χ2n) is 7.03. The van der Waals surface area contributed by atoms with Crippen LogP contribution in [0.25, 0.3) is 0 Å². The minimum absolute atomic E-state index is 0.0604. The van der Waals surface area contributed by atoms with Gasteiger partial charge >= 0.3 is 5.97 Å². The number of esters is 1. The van der Waals surface area contributed by atoms with Crippen LogP contribution < -0.4 is 5.32 Å². The molecule has 28 heavy (non-hydrogen) atoms. The van der Waals surface area contributed by atoms with E-state index in [-0.39, 0.29) is 29.5 Å². The van der Waals surface area contributed by atoms with Crippen LogP contribution >= 0.6 is 11.8 Å². The van der Waals surface area contributed by atoms with Gasteiger partial charge in [0.05, 0.1) is 11.1 Å². The SMILES string of the molecule is CSCC[C@H](C(=O)OCC(=O)N[C@H](C)C(C)C)N1C(=O)c2ccccc2C1=O. The quantitative estimate of drug-likeness (QED) is 0.499. The Balaban J connectivity index is 2.09. The number of hydrogen-bond acceptors (Lipinski definition) is 6. The lowest BCUT2D eigenvalue weighted by Gasteiger charge is -2.24. The number of thioether (sulfide) groups is 1. The summed E-state index contributed by atoms with van der Waals surface area (Å²) >= 11 is 1.49. The highest BCUT2D eigenvalue weighted by Crippen LogP contribution is 2.26. The molecule has 1 heterocycles. The molecule has 0 fully saturated rings. The maximum Gasteiger partial charge on any atom is 0.329 e. The zero-order valence-corrected chi connectivity index (χ0v) is 17.4. The first kappa shape index (κ1) is 21.9. The number of fused-ring (bicyclic) bond motifs is 1. The van der Waals surface area contributed by atoms with E-state index in [2.05, 4.69) is 5.32 Å². The molecule has 3 amide bonds. The summed E-state index contributed by atoms with van der Waals surface area (Å²) in [4.78, 5) is 51.0. The Bertz CT molecular complexity index is 730. The van der Waals surface area contributed by atoms with Gasteiger partial charge in [-0.3, -0.25) is 19.3 Å². The molecule has 1 aliphatic heterocycles. The van der Waals surface area contributed by atoms with E-state index in [1.54, 1.807) is 24.3 Å². The molecule has 1 aliphatic rings. The number of nitrogens with zero attached hydrogens (tertiary/aromatic N) is 1. The van der Waals surface area contributed by atoms with E-state index >= 15 is 0 Å². The van der Waals surface area contributed by atoms with E-state index in [9.17, 15) is 19.2 Å². The van der Waals surface area contributed by atoms with Gasteiger partial charge in [0.1, 0.15) is 6.04 Å². The predicted molar refractivity (Wildman–Crippen MR) is 107 cm³/mol. The van der Waals surface area contributed by atoms with Crippen LogP contribution in [0.1, 0.15) is 47.9 Å². The van der Waals surface area contributed by atoms with Crippen molar-refractivity contribution >= 4 is 35.5 Å². The third-order valence-electron chi connectivity index (χ3n) is 4.74. The largest absolute Gasteiger partial charge is 0.454 e. The zero-order chi connectivity index (χ0) is 20.8. The second kappa shape index (κ2) is 9.73. The molecule has 0 aliphatic carbocycles. The lowest BCUT2D eigenvalue weighted by atomic mass is 10.1. The Kier molecular flexibility index (Phi) is 7.62. The second-order valence-corrected chi connectivity index (χ2v) is 8.02. The molecule has 0 saturated heterocycles. The Morgan fingerprint density at radius 3 is 2.18 bits per heavy atom. The third kappa shape index (κ3) is 4.92. The molecule has 1 aromatic carbocycles. The molecule has 152 valence electrons. The average Bonchev–Trinajstić information content (AvgIpc) is 2.92. The highest BCUT2D eigenvalue weighted by atomic mass is 32.2. The first-order valence-electron chi connectivity index (χ1n) is 9.19. The van der Waals surface area contributed by atoms with Crippen molar-refractivity contribution in [3.05, 3.63) is 35.4 Å². The van der Waals surface area contributed by atoms with Crippen molar-refractivity contribution in [3.63, 3.8) is 0 Å². The molecule has 0 radical (unpaired) electrons. The van der Waals surface area contributed by atoms with Gasteiger partial charge in [0, 0.05) is 6.04 Å². The summed E-state index contributed by atoms with van der Waals surface area (Å²) in [6, 6.07) is 5.34. The molecule has 0 saturated carbocycles. The fraction of sp³-hybridized carbons (Fsp3) is 0.500. The number of nitrogens with one attached hydrogen (secondary N) is 1. The van der Waals surface area contributed by atoms with Crippen LogP contribution in [-0.2, 0) is 14.3 Å². The molecule has 0 spiro atoms. The van der Waals surface area contributed by atoms with Crippen molar-refractivity contribution in [1.82, 2.24) is 10.2 Å². The molecular formula is C20H26N2O5S. The fourth-order valence-corrected chi connectivity index (χ4v) is 3.23. The summed E-state index contributed by atoms with van der Waals surface area (Å²) in [5.74, 6) is -1.39. The summed E-state index contributed by atoms with van der Waals surface area (Å²) in [6.45, 7) is 5.36. The highest BCUT2D eigenvalue weighted by molar-refractivity contribution is 7.98. The Morgan fingerprint density at radius 2 is 1.68 bits per heavy atom. The van der Waals surface area contributed by atoms with Crippen molar-refractivity contribution in [2.24, 2.45) is 5.92 Å². The molecule has 1 N–H and O–H groups in total. The van der Waals surface area contributed by atoms with E-state index in [1.807, 2.05) is 27.0 Å². The van der Waals surface area contributed by atoms with Gasteiger partial charge in [0.2, 0.25) is 0 Å². The molecule has 0 aromatic heterocycles. The van der Waals surface area contributed by atoms with Gasteiger partial charge < -0.3 is 10.1 Å². The number of imide groups is 1. The van der Waals surface area contributed by atoms with Gasteiger partial charge in [-0.1, -0.05) is 26.0 Å². The summed E-state index contributed by atoms with van der Waals surface area (Å²) < 4.78 is 5.15. The molecule has 2 atom stereocenters. The summed E-state index contributed by atoms with van der Waals surface area (Å²) in [6.07, 6.45) is 2.13. The molecule has 8 heteroatoms. The summed E-state index contributed by atoms with van der Waals surface area (Å²) in [7, 11) is 0. The number of carbonyl (C=O) groups excluding carboxylic acids is 4. The van der Waals surface area contributed by atoms with Crippen LogP contribution in [0.15, 0.2) is 24.3 Å². The maximum atomic E-state index is 12.7. The number of hydrogen-bond donors (Lipinski definition) is 1. The third-order valence-corrected chi connectivity index (χ3v) is 5.38. The first-order chi connectivity index (χ1) is 13.3. The smallest absolute Gasteiger partial charge is 0.329 e. The van der Waals surface area contributed by atoms with Gasteiger partial charge in [-0.2, -0.15) is 11.8 Å². The standard InChI is InChI=1S/C20H26N2O5S/c1-12(2)13(3)21-17(23)11-27-20(26)16(9-10-28-4)22-18(24)14-7-5-6-8-15(14)19(22)25/h5-8,12-13,16H,9-11H2,1-4H3,(H,21,23)/t13-,16-/m1/s1. The molecule has 0 unspecified atom stereocenters. The molecule has 2 rings (SSSR count). The minimum atomic E-state index is -1.06. The van der Waals surface area contributed by atoms with Crippen LogP contribution in [0.4, 0.5) is 0 Å². The van der Waals surface area contributed by atoms with Gasteiger partial charge in [-0.25, -0.2) is 4.79 Å². The van der Waals surface area contributed by atoms with Crippen molar-refractivity contribution in [3.8, 4) is 0 Å². The molecule has 0 bridgehead atoms. The monoisotopic (exact) mass is 406 g/mol. The average molecular weight is 407 g/mol. The summed E-state index contributed by atoms with van der Waals surface area (Å²) in [5.41, 5.74) is 0.552. The lowest BCUT2D eigenvalue weighted by molar-refractivity contribution is -0.152. The van der Waals surface area contributed by atoms with E-state index < -0.39 is 36.3 Å². The van der Waals surface area contributed by atoms with Crippen molar-refractivity contribution < 1.29 is 23.9 Å². The van der Waals surface area contributed by atoms with E-state index in [4.69, 9.17) is 4.74 Å². The zero-order valence-electron chi connectivity index (χ0n) is 16.6. The van der Waals surface area contributed by atoms with Gasteiger partial charge in [0.25, 0.3) is 17.7 Å². The molecule has 1 aromatic rings. The van der Waals surface area contributed by atoms with Gasteiger partial charge in [0.15, 0.2) is 6.61 Å². The van der Waals surface area contributed by atoms with Gasteiger partial charge in [-0.05, 0) is 43.4 Å². The number of carbonyl (C=O) groups is 4. The molecular weight excluding hydrogens is 380 g/mol. The Hall–Kier alpha value is -2.35. The number of benzene rings is 1. The normalized spacial score (nSPS) is 15.4. The van der Waals surface area contributed by atoms with Crippen LogP contribution in [0, 0.1) is 5.92 Å². The van der Waals surface area contributed by atoms with E-state index in [1.165, 1.54) is 11.8 Å². The Morgan fingerprint density at radius 1 is 1.11 bits per heavy atom. The highest BCUT2D eigenvalue weighted by Gasteiger charge is 2.43. The van der Waals surface area contributed by atoms with Crippen molar-refractivity contribution in [1.29, 1.82) is 0 Å². The molecule has 7 nitrogen and oxygen atoms in total. The van der Waals surface area contributed by atoms with Crippen LogP contribution in [0.2, 0.25) is 0 Å². The Labute approximate surface area is 169 Å². The van der Waals surface area contributed by atoms with Crippen LogP contribution in [0.5, 0.6) is 0 Å². The van der Waals surface area contributed by atoms with E-state index in [0.29, 0.717) is 5.75 Å². The van der Waals surface area contributed by atoms with Crippen LogP contribution in [0.3, 0.4) is 0 Å². The first-order valence-corrected chi connectivity index (χ1v) is 10.6. The maximum absolute atomic E-state index is 12.7. The topological polar surface area (TPSA) is 92.8 Å². The summed E-state index contributed by atoms with van der Waals surface area (Å²) in [5, 5.41) is 2.75. The van der Waals surface area contributed by atoms with Crippen LogP contribution in [-0.4, -0.2) is 59.3 Å². The number of rotatable bonds is 9. The number of amides is 3. The lowest BCUT2D eigenvalue weighted by Crippen LogP contribution is -2.47. The fourth-order valence-electron chi connectivity index (χ4n) is 2.77. The van der Waals surface area contributed by atoms with Crippen molar-refractivity contribution in [2.75, 3.05) is 18.6 Å². The van der Waals surface area contributed by atoms with Gasteiger partial charge in [-0.15, -0.1) is 0 Å².